The number of aryl methyl sites for hydroxylation is 2. The summed E-state index contributed by atoms with van der Waals surface area (Å²) in [5, 5.41) is 2.67. The minimum Gasteiger partial charge on any atom is -0.322 e. The van der Waals surface area contributed by atoms with E-state index in [0.29, 0.717) is 23.5 Å². The molecule has 0 saturated carbocycles. The normalized spacial score (nSPS) is 10.3. The highest BCUT2D eigenvalue weighted by atomic mass is 19.1. The number of hydrogen-bond acceptors (Lipinski definition) is 4. The molecule has 1 aromatic carbocycles. The number of hydrogen-bond donors (Lipinski definition) is 3. The van der Waals surface area contributed by atoms with Crippen LogP contribution in [-0.2, 0) is 6.42 Å². The lowest BCUT2D eigenvalue weighted by molar-refractivity contribution is 0.102. The molecule has 5 nitrogen and oxygen atoms in total. The van der Waals surface area contributed by atoms with Crippen molar-refractivity contribution in [2.75, 3.05) is 10.7 Å². The highest BCUT2D eigenvalue weighted by Gasteiger charge is 2.10. The Kier molecular flexibility index (Phi) is 4.49. The van der Waals surface area contributed by atoms with Gasteiger partial charge in [0.2, 0.25) is 0 Å². The molecule has 0 aliphatic rings. The van der Waals surface area contributed by atoms with E-state index in [1.165, 1.54) is 12.1 Å². The standard InChI is InChI=1S/C15H17FN4O/c1-3-12-6-10(7-14(18-12)20-17)15(21)19-13-5-9(2)4-11(16)8-13/h4-8H,3,17H2,1-2H3,(H,18,20)(H,19,21). The Morgan fingerprint density at radius 3 is 2.67 bits per heavy atom. The number of nitrogen functional groups attached to an aromatic ring is 1. The summed E-state index contributed by atoms with van der Waals surface area (Å²) in [5.41, 5.74) is 4.73. The zero-order valence-corrected chi connectivity index (χ0v) is 11.9. The number of rotatable bonds is 4. The van der Waals surface area contributed by atoms with Gasteiger partial charge in [-0.2, -0.15) is 0 Å². The van der Waals surface area contributed by atoms with Gasteiger partial charge in [0.25, 0.3) is 5.91 Å². The predicted octanol–water partition coefficient (Wildman–Crippen LogP) is 2.63. The first kappa shape index (κ1) is 14.9. The van der Waals surface area contributed by atoms with Crippen LogP contribution in [0.2, 0.25) is 0 Å². The summed E-state index contributed by atoms with van der Waals surface area (Å²) < 4.78 is 13.3. The summed E-state index contributed by atoms with van der Waals surface area (Å²) in [6.45, 7) is 3.69. The number of benzene rings is 1. The smallest absolute Gasteiger partial charge is 0.255 e. The van der Waals surface area contributed by atoms with Gasteiger partial charge in [0.15, 0.2) is 0 Å². The van der Waals surface area contributed by atoms with E-state index < -0.39 is 5.82 Å². The predicted molar refractivity (Wildman–Crippen MR) is 80.5 cm³/mol. The molecule has 21 heavy (non-hydrogen) atoms. The van der Waals surface area contributed by atoms with Gasteiger partial charge in [-0.25, -0.2) is 15.2 Å². The lowest BCUT2D eigenvalue weighted by Crippen LogP contribution is -2.15. The van der Waals surface area contributed by atoms with Crippen LogP contribution in [0.25, 0.3) is 0 Å². The Bertz CT molecular complexity index is 630. The topological polar surface area (TPSA) is 80.0 Å². The van der Waals surface area contributed by atoms with E-state index in [2.05, 4.69) is 15.7 Å². The second-order valence-electron chi connectivity index (χ2n) is 4.70. The van der Waals surface area contributed by atoms with E-state index in [1.807, 2.05) is 6.92 Å². The number of aromatic nitrogens is 1. The van der Waals surface area contributed by atoms with Gasteiger partial charge in [0.05, 0.1) is 0 Å². The Hall–Kier alpha value is -2.47. The van der Waals surface area contributed by atoms with E-state index in [9.17, 15) is 9.18 Å². The van der Waals surface area contributed by atoms with Crippen LogP contribution in [0.3, 0.4) is 0 Å². The van der Waals surface area contributed by atoms with Crippen LogP contribution in [-0.4, -0.2) is 10.9 Å². The number of hydrazine groups is 1. The first-order chi connectivity index (χ1) is 10.0. The number of anilines is 2. The molecule has 1 heterocycles. The summed E-state index contributed by atoms with van der Waals surface area (Å²) in [6.07, 6.45) is 0.675. The number of carbonyl (C=O) groups excluding carboxylic acids is 1. The second-order valence-corrected chi connectivity index (χ2v) is 4.70. The number of nitrogens with one attached hydrogen (secondary N) is 2. The van der Waals surface area contributed by atoms with Crippen molar-refractivity contribution in [3.63, 3.8) is 0 Å². The van der Waals surface area contributed by atoms with E-state index in [1.54, 1.807) is 25.1 Å². The lowest BCUT2D eigenvalue weighted by Gasteiger charge is -2.09. The van der Waals surface area contributed by atoms with Crippen molar-refractivity contribution in [2.24, 2.45) is 5.84 Å². The van der Waals surface area contributed by atoms with Crippen molar-refractivity contribution in [2.45, 2.75) is 20.3 Å². The third-order valence-corrected chi connectivity index (χ3v) is 2.95. The summed E-state index contributed by atoms with van der Waals surface area (Å²) in [5.74, 6) is 5.02. The Balaban J connectivity index is 2.27. The van der Waals surface area contributed by atoms with Crippen LogP contribution in [0.4, 0.5) is 15.9 Å². The Labute approximate surface area is 122 Å². The van der Waals surface area contributed by atoms with Gasteiger partial charge in [-0.3, -0.25) is 4.79 Å². The Morgan fingerprint density at radius 1 is 1.29 bits per heavy atom. The van der Waals surface area contributed by atoms with Gasteiger partial charge in [0, 0.05) is 16.9 Å². The average molecular weight is 288 g/mol. The molecule has 0 aliphatic heterocycles. The van der Waals surface area contributed by atoms with E-state index in [0.717, 1.165) is 11.3 Å². The van der Waals surface area contributed by atoms with Crippen molar-refractivity contribution in [3.8, 4) is 0 Å². The van der Waals surface area contributed by atoms with Crippen molar-refractivity contribution in [3.05, 3.63) is 53.0 Å². The number of carbonyl (C=O) groups is 1. The molecule has 1 amide bonds. The van der Waals surface area contributed by atoms with Gasteiger partial charge < -0.3 is 10.7 Å². The minimum atomic E-state index is -0.390. The first-order valence-corrected chi connectivity index (χ1v) is 6.58. The third kappa shape index (κ3) is 3.76. The lowest BCUT2D eigenvalue weighted by atomic mass is 10.1. The van der Waals surface area contributed by atoms with Crippen LogP contribution in [0, 0.1) is 12.7 Å². The summed E-state index contributed by atoms with van der Waals surface area (Å²) in [7, 11) is 0. The van der Waals surface area contributed by atoms with E-state index in [4.69, 9.17) is 5.84 Å². The molecule has 0 saturated heterocycles. The van der Waals surface area contributed by atoms with Gasteiger partial charge in [-0.1, -0.05) is 6.92 Å². The van der Waals surface area contributed by atoms with Crippen molar-refractivity contribution in [1.29, 1.82) is 0 Å². The summed E-state index contributed by atoms with van der Waals surface area (Å²) >= 11 is 0. The van der Waals surface area contributed by atoms with Crippen LogP contribution in [0.15, 0.2) is 30.3 Å². The maximum absolute atomic E-state index is 13.3. The Morgan fingerprint density at radius 2 is 2.05 bits per heavy atom. The van der Waals surface area contributed by atoms with Gasteiger partial charge in [-0.05, 0) is 49.2 Å². The number of nitrogens with two attached hydrogens (primary N) is 1. The largest absolute Gasteiger partial charge is 0.322 e. The maximum atomic E-state index is 13.3. The first-order valence-electron chi connectivity index (χ1n) is 6.58. The molecule has 4 N–H and O–H groups in total. The zero-order valence-electron chi connectivity index (χ0n) is 11.9. The molecule has 0 radical (unpaired) electrons. The summed E-state index contributed by atoms with van der Waals surface area (Å²) in [4.78, 5) is 16.5. The SMILES string of the molecule is CCc1cc(C(=O)Nc2cc(C)cc(F)c2)cc(NN)n1. The second kappa shape index (κ2) is 6.32. The molecule has 2 aromatic rings. The van der Waals surface area contributed by atoms with Gasteiger partial charge in [-0.15, -0.1) is 0 Å². The zero-order chi connectivity index (χ0) is 15.4. The van der Waals surface area contributed by atoms with Crippen molar-refractivity contribution >= 4 is 17.4 Å². The van der Waals surface area contributed by atoms with Crippen LogP contribution >= 0.6 is 0 Å². The average Bonchev–Trinajstić information content (AvgIpc) is 2.45. The summed E-state index contributed by atoms with van der Waals surface area (Å²) in [6, 6.07) is 7.59. The minimum absolute atomic E-state index is 0.339. The molecule has 0 atom stereocenters. The monoisotopic (exact) mass is 288 g/mol. The number of halogens is 1. The number of amides is 1. The van der Waals surface area contributed by atoms with Crippen LogP contribution in [0.5, 0.6) is 0 Å². The molecule has 0 aliphatic carbocycles. The van der Waals surface area contributed by atoms with Crippen LogP contribution < -0.4 is 16.6 Å². The van der Waals surface area contributed by atoms with Crippen molar-refractivity contribution in [1.82, 2.24) is 4.98 Å². The molecule has 0 fully saturated rings. The molecule has 0 spiro atoms. The van der Waals surface area contributed by atoms with E-state index >= 15 is 0 Å². The molecule has 1 aromatic heterocycles. The molecule has 2 rings (SSSR count). The van der Waals surface area contributed by atoms with Crippen molar-refractivity contribution < 1.29 is 9.18 Å². The maximum Gasteiger partial charge on any atom is 0.255 e. The fourth-order valence-electron chi connectivity index (χ4n) is 1.99. The molecular formula is C15H17FN4O. The quantitative estimate of drug-likeness (QED) is 0.597. The molecular weight excluding hydrogens is 271 g/mol. The number of nitrogens with zero attached hydrogens (tertiary/aromatic N) is 1. The highest BCUT2D eigenvalue weighted by Crippen LogP contribution is 2.16. The molecule has 0 bridgehead atoms. The third-order valence-electron chi connectivity index (χ3n) is 2.95. The molecule has 6 heteroatoms. The highest BCUT2D eigenvalue weighted by molar-refractivity contribution is 6.04. The molecule has 0 unspecified atom stereocenters. The fourth-order valence-corrected chi connectivity index (χ4v) is 1.99. The van der Waals surface area contributed by atoms with E-state index in [-0.39, 0.29) is 5.91 Å². The van der Waals surface area contributed by atoms with Crippen LogP contribution in [0.1, 0.15) is 28.5 Å². The van der Waals surface area contributed by atoms with Gasteiger partial charge in [0.1, 0.15) is 11.6 Å². The number of pyridine rings is 1. The van der Waals surface area contributed by atoms with Gasteiger partial charge >= 0.3 is 0 Å². The molecule has 110 valence electrons. The fraction of sp³-hybridized carbons (Fsp3) is 0.200.